The van der Waals surface area contributed by atoms with E-state index in [1.165, 1.54) is 12.1 Å². The number of hydrogen-bond acceptors (Lipinski definition) is 5. The van der Waals surface area contributed by atoms with Gasteiger partial charge in [0.15, 0.2) is 5.11 Å². The van der Waals surface area contributed by atoms with Crippen LogP contribution in [0.25, 0.3) is 0 Å². The fourth-order valence-electron chi connectivity index (χ4n) is 1.92. The second-order valence-corrected chi connectivity index (χ2v) is 5.03. The molecule has 1 saturated heterocycles. The number of hydrazone groups is 1. The summed E-state index contributed by atoms with van der Waals surface area (Å²) in [5.74, 6) is -1.20. The van der Waals surface area contributed by atoms with Crippen LogP contribution in [0.1, 0.15) is 28.8 Å². The van der Waals surface area contributed by atoms with Crippen molar-refractivity contribution >= 4 is 29.5 Å². The molecule has 0 aromatic heterocycles. The van der Waals surface area contributed by atoms with Crippen molar-refractivity contribution in [3.05, 3.63) is 35.4 Å². The zero-order valence-electron chi connectivity index (χ0n) is 11.4. The Morgan fingerprint density at radius 3 is 2.86 bits per heavy atom. The van der Waals surface area contributed by atoms with Crippen LogP contribution in [0.4, 0.5) is 0 Å². The number of carbonyl (C=O) groups is 1. The third-order valence-electron chi connectivity index (χ3n) is 3.04. The lowest BCUT2D eigenvalue weighted by atomic mass is 10.1. The van der Waals surface area contributed by atoms with E-state index in [9.17, 15) is 9.90 Å². The van der Waals surface area contributed by atoms with Gasteiger partial charge in [-0.1, -0.05) is 24.3 Å². The lowest BCUT2D eigenvalue weighted by molar-refractivity contribution is -0.255. The van der Waals surface area contributed by atoms with Gasteiger partial charge in [0.25, 0.3) is 0 Å². The lowest BCUT2D eigenvalue weighted by Crippen LogP contribution is -2.37. The smallest absolute Gasteiger partial charge is 0.187 e. The Hall–Kier alpha value is -1.99. The fourth-order valence-corrected chi connectivity index (χ4v) is 2.06. The van der Waals surface area contributed by atoms with Gasteiger partial charge in [-0.3, -0.25) is 5.43 Å². The Kier molecular flexibility index (Phi) is 5.65. The van der Waals surface area contributed by atoms with Gasteiger partial charge < -0.3 is 20.0 Å². The molecule has 0 unspecified atom stereocenters. The number of carboxylic acids is 1. The molecule has 6 nitrogen and oxygen atoms in total. The maximum absolute atomic E-state index is 10.6. The van der Waals surface area contributed by atoms with Crippen molar-refractivity contribution in [3.63, 3.8) is 0 Å². The van der Waals surface area contributed by atoms with Crippen molar-refractivity contribution in [2.45, 2.75) is 18.9 Å². The Morgan fingerprint density at radius 2 is 2.24 bits per heavy atom. The second-order valence-electron chi connectivity index (χ2n) is 4.62. The minimum absolute atomic E-state index is 0.133. The zero-order valence-corrected chi connectivity index (χ0v) is 12.2. The normalized spacial score (nSPS) is 17.8. The molecule has 1 aromatic rings. The molecule has 1 aromatic carbocycles. The molecule has 2 rings (SSSR count). The van der Waals surface area contributed by atoms with Gasteiger partial charge in [0.1, 0.15) is 0 Å². The Bertz CT molecular complexity index is 525. The molecule has 0 amide bonds. The third kappa shape index (κ3) is 5.13. The molecule has 0 bridgehead atoms. The molecule has 1 fully saturated rings. The molecule has 0 saturated carbocycles. The number of carbonyl (C=O) groups excluding carboxylic acids is 1. The van der Waals surface area contributed by atoms with Gasteiger partial charge in [-0.25, -0.2) is 0 Å². The summed E-state index contributed by atoms with van der Waals surface area (Å²) < 4.78 is 5.47. The summed E-state index contributed by atoms with van der Waals surface area (Å²) in [5.41, 5.74) is 3.59. The first-order chi connectivity index (χ1) is 10.1. The highest BCUT2D eigenvalue weighted by atomic mass is 32.1. The van der Waals surface area contributed by atoms with Gasteiger partial charge >= 0.3 is 0 Å². The molecule has 7 heteroatoms. The minimum Gasteiger partial charge on any atom is -0.545 e. The van der Waals surface area contributed by atoms with Crippen LogP contribution in [0.3, 0.4) is 0 Å². The molecule has 21 heavy (non-hydrogen) atoms. The van der Waals surface area contributed by atoms with Crippen LogP contribution in [0.5, 0.6) is 0 Å². The predicted octanol–water partition coefficient (Wildman–Crippen LogP) is 0.0271. The van der Waals surface area contributed by atoms with E-state index in [-0.39, 0.29) is 11.7 Å². The van der Waals surface area contributed by atoms with Crippen molar-refractivity contribution in [1.82, 2.24) is 10.7 Å². The average Bonchev–Trinajstić information content (AvgIpc) is 2.99. The SMILES string of the molecule is O=C([O-])c1ccc(/C=N\NC(=S)NC[C@@H]2CCCO2)cc1. The number of rotatable bonds is 5. The molecular formula is C14H16N3O3S-. The summed E-state index contributed by atoms with van der Waals surface area (Å²) in [6, 6.07) is 6.20. The molecule has 1 atom stereocenters. The van der Waals surface area contributed by atoms with E-state index in [2.05, 4.69) is 15.8 Å². The van der Waals surface area contributed by atoms with Crippen LogP contribution in [0.2, 0.25) is 0 Å². The van der Waals surface area contributed by atoms with Crippen molar-refractivity contribution in [2.24, 2.45) is 5.10 Å². The average molecular weight is 306 g/mol. The number of carboxylic acid groups (broad SMARTS) is 1. The van der Waals surface area contributed by atoms with Gasteiger partial charge in [-0.05, 0) is 36.2 Å². The van der Waals surface area contributed by atoms with E-state index >= 15 is 0 Å². The molecular weight excluding hydrogens is 290 g/mol. The largest absolute Gasteiger partial charge is 0.545 e. The quantitative estimate of drug-likeness (QED) is 0.453. The van der Waals surface area contributed by atoms with Gasteiger partial charge in [0, 0.05) is 13.2 Å². The molecule has 2 N–H and O–H groups in total. The topological polar surface area (TPSA) is 85.8 Å². The molecule has 1 aliphatic rings. The maximum Gasteiger partial charge on any atom is 0.187 e. The first kappa shape index (κ1) is 15.4. The monoisotopic (exact) mass is 306 g/mol. The number of nitrogens with one attached hydrogen (secondary N) is 2. The maximum atomic E-state index is 10.6. The van der Waals surface area contributed by atoms with Crippen LogP contribution in [0.15, 0.2) is 29.4 Å². The third-order valence-corrected chi connectivity index (χ3v) is 3.28. The van der Waals surface area contributed by atoms with Crippen LogP contribution in [-0.2, 0) is 4.74 Å². The van der Waals surface area contributed by atoms with Gasteiger partial charge in [0.2, 0.25) is 0 Å². The Morgan fingerprint density at radius 1 is 1.48 bits per heavy atom. The summed E-state index contributed by atoms with van der Waals surface area (Å²) >= 11 is 5.08. The number of aromatic carboxylic acids is 1. The van der Waals surface area contributed by atoms with Crippen molar-refractivity contribution in [1.29, 1.82) is 0 Å². The van der Waals surface area contributed by atoms with Crippen LogP contribution in [-0.4, -0.2) is 36.6 Å². The first-order valence-electron chi connectivity index (χ1n) is 6.65. The summed E-state index contributed by atoms with van der Waals surface area (Å²) in [6.45, 7) is 1.48. The first-order valence-corrected chi connectivity index (χ1v) is 7.06. The van der Waals surface area contributed by atoms with E-state index in [4.69, 9.17) is 17.0 Å². The van der Waals surface area contributed by atoms with Crippen molar-refractivity contribution < 1.29 is 14.6 Å². The number of nitrogens with zero attached hydrogens (tertiary/aromatic N) is 1. The number of ether oxygens (including phenoxy) is 1. The predicted molar refractivity (Wildman–Crippen MR) is 81.1 cm³/mol. The highest BCUT2D eigenvalue weighted by Crippen LogP contribution is 2.10. The zero-order chi connectivity index (χ0) is 15.1. The lowest BCUT2D eigenvalue weighted by Gasteiger charge is -2.11. The number of thiocarbonyl (C=S) groups is 1. The van der Waals surface area contributed by atoms with Crippen molar-refractivity contribution in [3.8, 4) is 0 Å². The standard InChI is InChI=1S/C14H17N3O3S/c18-13(19)11-5-3-10(4-6-11)8-16-17-14(21)15-9-12-2-1-7-20-12/h3-6,8,12H,1-2,7,9H2,(H,18,19)(H2,15,17,21)/p-1/b16-8-/t12-/m0/s1. The highest BCUT2D eigenvalue weighted by molar-refractivity contribution is 7.80. The summed E-state index contributed by atoms with van der Waals surface area (Å²) in [6.07, 6.45) is 3.90. The van der Waals surface area contributed by atoms with Crippen molar-refractivity contribution in [2.75, 3.05) is 13.2 Å². The summed E-state index contributed by atoms with van der Waals surface area (Å²) in [7, 11) is 0. The number of benzene rings is 1. The Balaban J connectivity index is 1.73. The van der Waals surface area contributed by atoms with Gasteiger partial charge in [-0.15, -0.1) is 0 Å². The van der Waals surface area contributed by atoms with Gasteiger partial charge in [-0.2, -0.15) is 5.10 Å². The molecule has 1 aliphatic heterocycles. The second kappa shape index (κ2) is 7.70. The van der Waals surface area contributed by atoms with Crippen LogP contribution in [0, 0.1) is 0 Å². The molecule has 0 spiro atoms. The van der Waals surface area contributed by atoms with E-state index in [0.29, 0.717) is 11.7 Å². The highest BCUT2D eigenvalue weighted by Gasteiger charge is 2.14. The summed E-state index contributed by atoms with van der Waals surface area (Å²) in [4.78, 5) is 10.6. The van der Waals surface area contributed by atoms with Gasteiger partial charge in [0.05, 0.1) is 18.3 Å². The van der Waals surface area contributed by atoms with E-state index in [1.54, 1.807) is 18.3 Å². The Labute approximate surface area is 128 Å². The molecule has 1 heterocycles. The van der Waals surface area contributed by atoms with Crippen LogP contribution < -0.4 is 15.8 Å². The van der Waals surface area contributed by atoms with E-state index < -0.39 is 5.97 Å². The molecule has 0 radical (unpaired) electrons. The number of hydrogen-bond donors (Lipinski definition) is 2. The fraction of sp³-hybridized carbons (Fsp3) is 0.357. The minimum atomic E-state index is -1.20. The summed E-state index contributed by atoms with van der Waals surface area (Å²) in [5, 5.41) is 18.0. The molecule has 112 valence electrons. The van der Waals surface area contributed by atoms with E-state index in [1.807, 2.05) is 0 Å². The molecule has 0 aliphatic carbocycles. The van der Waals surface area contributed by atoms with Crippen LogP contribution >= 0.6 is 12.2 Å². The van der Waals surface area contributed by atoms with E-state index in [0.717, 1.165) is 25.0 Å².